The van der Waals surface area contributed by atoms with Crippen molar-refractivity contribution in [3.05, 3.63) is 82.4 Å². The fraction of sp³-hybridized carbons (Fsp3) is 0.333. The second kappa shape index (κ2) is 8.21. The van der Waals surface area contributed by atoms with E-state index < -0.39 is 0 Å². The molecule has 27 heavy (non-hydrogen) atoms. The SMILES string of the molecule is Cn1cc(CN2CCO[C@H](c3cccc(Cc4ccccc4Cl)n3)C2)cn1. The van der Waals surface area contributed by atoms with Gasteiger partial charge in [-0.05, 0) is 23.8 Å². The third-order valence-corrected chi connectivity index (χ3v) is 5.17. The first-order chi connectivity index (χ1) is 13.2. The maximum absolute atomic E-state index is 6.29. The average Bonchev–Trinajstić information content (AvgIpc) is 3.09. The summed E-state index contributed by atoms with van der Waals surface area (Å²) < 4.78 is 7.86. The van der Waals surface area contributed by atoms with E-state index in [1.807, 2.05) is 54.3 Å². The Hall–Kier alpha value is -2.21. The molecule has 3 heterocycles. The Morgan fingerprint density at radius 1 is 1.19 bits per heavy atom. The molecule has 5 nitrogen and oxygen atoms in total. The average molecular weight is 383 g/mol. The minimum atomic E-state index is -0.0124. The standard InChI is InChI=1S/C21H23ClN4O/c1-25-13-16(12-23-25)14-26-9-10-27-21(15-26)20-8-4-6-18(24-20)11-17-5-2-3-7-19(17)22/h2-8,12-13,21H,9-11,14-15H2,1H3/t21-/m0/s1. The summed E-state index contributed by atoms with van der Waals surface area (Å²) in [5.74, 6) is 0. The van der Waals surface area contributed by atoms with E-state index >= 15 is 0 Å². The van der Waals surface area contributed by atoms with Gasteiger partial charge in [-0.15, -0.1) is 0 Å². The first kappa shape index (κ1) is 18.2. The molecule has 0 bridgehead atoms. The highest BCUT2D eigenvalue weighted by molar-refractivity contribution is 6.31. The summed E-state index contributed by atoms with van der Waals surface area (Å²) in [7, 11) is 1.94. The molecule has 3 aromatic rings. The van der Waals surface area contributed by atoms with Crippen molar-refractivity contribution in [1.82, 2.24) is 19.7 Å². The quantitative estimate of drug-likeness (QED) is 0.675. The molecular formula is C21H23ClN4O. The number of pyridine rings is 1. The fourth-order valence-corrected chi connectivity index (χ4v) is 3.65. The Kier molecular flexibility index (Phi) is 5.53. The third kappa shape index (κ3) is 4.56. The number of morpholine rings is 1. The zero-order valence-electron chi connectivity index (χ0n) is 15.4. The largest absolute Gasteiger partial charge is 0.369 e. The highest BCUT2D eigenvalue weighted by Crippen LogP contribution is 2.23. The van der Waals surface area contributed by atoms with Gasteiger partial charge in [0.2, 0.25) is 0 Å². The predicted octanol–water partition coefficient (Wildman–Crippen LogP) is 3.63. The molecule has 4 rings (SSSR count). The molecule has 0 radical (unpaired) electrons. The molecule has 1 atom stereocenters. The van der Waals surface area contributed by atoms with Crippen LogP contribution in [-0.4, -0.2) is 39.4 Å². The van der Waals surface area contributed by atoms with Gasteiger partial charge in [0.05, 0.1) is 18.5 Å². The zero-order valence-corrected chi connectivity index (χ0v) is 16.1. The minimum absolute atomic E-state index is 0.0124. The lowest BCUT2D eigenvalue weighted by Crippen LogP contribution is -2.38. The highest BCUT2D eigenvalue weighted by atomic mass is 35.5. The molecule has 0 amide bonds. The Bertz CT molecular complexity index is 910. The van der Waals surface area contributed by atoms with Crippen LogP contribution in [0.3, 0.4) is 0 Å². The van der Waals surface area contributed by atoms with E-state index in [1.165, 1.54) is 5.56 Å². The molecular weight excluding hydrogens is 360 g/mol. The van der Waals surface area contributed by atoms with Crippen LogP contribution in [0.5, 0.6) is 0 Å². The van der Waals surface area contributed by atoms with Crippen LogP contribution in [0.15, 0.2) is 54.9 Å². The summed E-state index contributed by atoms with van der Waals surface area (Å²) >= 11 is 6.29. The number of hydrogen-bond donors (Lipinski definition) is 0. The van der Waals surface area contributed by atoms with Crippen molar-refractivity contribution in [1.29, 1.82) is 0 Å². The van der Waals surface area contributed by atoms with Crippen LogP contribution in [-0.2, 0) is 24.8 Å². The number of ether oxygens (including phenoxy) is 1. The van der Waals surface area contributed by atoms with E-state index in [1.54, 1.807) is 0 Å². The number of aromatic nitrogens is 3. The van der Waals surface area contributed by atoms with E-state index in [0.29, 0.717) is 6.61 Å². The Balaban J connectivity index is 1.45. The Morgan fingerprint density at radius 2 is 2.07 bits per heavy atom. The summed E-state index contributed by atoms with van der Waals surface area (Å²) in [6.45, 7) is 3.34. The molecule has 140 valence electrons. The molecule has 0 unspecified atom stereocenters. The maximum atomic E-state index is 6.29. The van der Waals surface area contributed by atoms with Gasteiger partial charge in [-0.25, -0.2) is 0 Å². The van der Waals surface area contributed by atoms with Crippen LogP contribution in [0.25, 0.3) is 0 Å². The maximum Gasteiger partial charge on any atom is 0.112 e. The van der Waals surface area contributed by atoms with Gasteiger partial charge < -0.3 is 4.74 Å². The summed E-state index contributed by atoms with van der Waals surface area (Å²) in [4.78, 5) is 7.25. The van der Waals surface area contributed by atoms with E-state index in [4.69, 9.17) is 21.3 Å². The number of aryl methyl sites for hydroxylation is 1. The van der Waals surface area contributed by atoms with Gasteiger partial charge in [-0.2, -0.15) is 5.10 Å². The summed E-state index contributed by atoms with van der Waals surface area (Å²) in [6.07, 6.45) is 4.70. The van der Waals surface area contributed by atoms with Crippen molar-refractivity contribution < 1.29 is 4.74 Å². The molecule has 0 spiro atoms. The van der Waals surface area contributed by atoms with Crippen LogP contribution >= 0.6 is 11.6 Å². The van der Waals surface area contributed by atoms with Crippen molar-refractivity contribution in [2.45, 2.75) is 19.1 Å². The van der Waals surface area contributed by atoms with Crippen molar-refractivity contribution in [2.24, 2.45) is 7.05 Å². The van der Waals surface area contributed by atoms with Crippen molar-refractivity contribution >= 4 is 11.6 Å². The van der Waals surface area contributed by atoms with E-state index in [2.05, 4.69) is 22.3 Å². The summed E-state index contributed by atoms with van der Waals surface area (Å²) in [6, 6.07) is 14.1. The monoisotopic (exact) mass is 382 g/mol. The van der Waals surface area contributed by atoms with E-state index in [-0.39, 0.29) is 6.10 Å². The Labute approximate surface area is 164 Å². The first-order valence-electron chi connectivity index (χ1n) is 9.18. The molecule has 1 saturated heterocycles. The molecule has 0 aliphatic carbocycles. The molecule has 0 saturated carbocycles. The summed E-state index contributed by atoms with van der Waals surface area (Å²) in [5.41, 5.74) is 4.30. The number of nitrogens with zero attached hydrogens (tertiary/aromatic N) is 4. The molecule has 1 aromatic carbocycles. The van der Waals surface area contributed by atoms with Gasteiger partial charge in [-0.3, -0.25) is 14.6 Å². The lowest BCUT2D eigenvalue weighted by Gasteiger charge is -2.32. The molecule has 2 aromatic heterocycles. The van der Waals surface area contributed by atoms with Gasteiger partial charge in [0.1, 0.15) is 6.10 Å². The first-order valence-corrected chi connectivity index (χ1v) is 9.56. The van der Waals surface area contributed by atoms with Gasteiger partial charge in [0.15, 0.2) is 0 Å². The van der Waals surface area contributed by atoms with Crippen molar-refractivity contribution in [3.63, 3.8) is 0 Å². The number of rotatable bonds is 5. The van der Waals surface area contributed by atoms with Gasteiger partial charge in [-0.1, -0.05) is 35.9 Å². The second-order valence-corrected chi connectivity index (χ2v) is 7.35. The van der Waals surface area contributed by atoms with Gasteiger partial charge >= 0.3 is 0 Å². The van der Waals surface area contributed by atoms with E-state index in [0.717, 1.165) is 48.0 Å². The normalized spacial score (nSPS) is 17.9. The molecule has 1 aliphatic heterocycles. The minimum Gasteiger partial charge on any atom is -0.369 e. The van der Waals surface area contributed by atoms with Crippen molar-refractivity contribution in [3.8, 4) is 0 Å². The predicted molar refractivity (Wildman–Crippen MR) is 106 cm³/mol. The van der Waals surface area contributed by atoms with Gasteiger partial charge in [0.25, 0.3) is 0 Å². The number of hydrogen-bond acceptors (Lipinski definition) is 4. The lowest BCUT2D eigenvalue weighted by molar-refractivity contribution is -0.0350. The third-order valence-electron chi connectivity index (χ3n) is 4.80. The second-order valence-electron chi connectivity index (χ2n) is 6.94. The fourth-order valence-electron chi connectivity index (χ4n) is 3.45. The summed E-state index contributed by atoms with van der Waals surface area (Å²) in [5, 5.41) is 5.03. The van der Waals surface area contributed by atoms with E-state index in [9.17, 15) is 0 Å². The molecule has 1 fully saturated rings. The van der Waals surface area contributed by atoms with Crippen LogP contribution in [0, 0.1) is 0 Å². The van der Waals surface area contributed by atoms with Gasteiger partial charge in [0, 0.05) is 55.6 Å². The van der Waals surface area contributed by atoms with Crippen LogP contribution in [0.2, 0.25) is 5.02 Å². The van der Waals surface area contributed by atoms with Crippen molar-refractivity contribution in [2.75, 3.05) is 19.7 Å². The zero-order chi connectivity index (χ0) is 18.6. The van der Waals surface area contributed by atoms with Crippen LogP contribution in [0.4, 0.5) is 0 Å². The number of benzene rings is 1. The lowest BCUT2D eigenvalue weighted by atomic mass is 10.1. The smallest absolute Gasteiger partial charge is 0.112 e. The topological polar surface area (TPSA) is 43.2 Å². The van der Waals surface area contributed by atoms with Crippen LogP contribution < -0.4 is 0 Å². The highest BCUT2D eigenvalue weighted by Gasteiger charge is 2.23. The molecule has 0 N–H and O–H groups in total. The molecule has 6 heteroatoms. The van der Waals surface area contributed by atoms with Crippen LogP contribution in [0.1, 0.15) is 28.6 Å². The molecule has 1 aliphatic rings. The Morgan fingerprint density at radius 3 is 2.89 bits per heavy atom. The number of halogens is 1.